The molecular weight excluding hydrogens is 411 g/mol. The fourth-order valence-corrected chi connectivity index (χ4v) is 3.88. The molecule has 9 heteroatoms. The van der Waals surface area contributed by atoms with Gasteiger partial charge in [-0.1, -0.05) is 27.7 Å². The molecule has 3 aromatic rings. The number of ether oxygens (including phenoxy) is 2. The number of benzene rings is 2. The summed E-state index contributed by atoms with van der Waals surface area (Å²) in [7, 11) is 0. The van der Waals surface area contributed by atoms with E-state index in [4.69, 9.17) is 15.3 Å². The Morgan fingerprint density at radius 1 is 1.16 bits per heavy atom. The summed E-state index contributed by atoms with van der Waals surface area (Å²) in [5.74, 6) is 8.32. The molecule has 0 saturated heterocycles. The maximum absolute atomic E-state index is 13.0. The molecule has 4 rings (SSSR count). The van der Waals surface area contributed by atoms with Gasteiger partial charge in [0.15, 0.2) is 17.3 Å². The number of hydrogen-bond donors (Lipinski definition) is 1. The van der Waals surface area contributed by atoms with Crippen molar-refractivity contribution < 1.29 is 13.9 Å². The number of fused-ring (bicyclic) bond motifs is 1. The molecule has 1 aliphatic rings. The lowest BCUT2D eigenvalue weighted by Gasteiger charge is -2.07. The number of nitrogens with zero attached hydrogens (tertiary/aromatic N) is 3. The van der Waals surface area contributed by atoms with Gasteiger partial charge >= 0.3 is 0 Å². The summed E-state index contributed by atoms with van der Waals surface area (Å²) in [6.45, 7) is 0.233. The van der Waals surface area contributed by atoms with Gasteiger partial charge in [-0.2, -0.15) is 0 Å². The molecule has 0 unspecified atom stereocenters. The smallest absolute Gasteiger partial charge is 0.231 e. The molecule has 2 N–H and O–H groups in total. The highest BCUT2D eigenvalue weighted by molar-refractivity contribution is 9.10. The predicted octanol–water partition coefficient (Wildman–Crippen LogP) is 3.58. The van der Waals surface area contributed by atoms with E-state index in [2.05, 4.69) is 26.1 Å². The topological polar surface area (TPSA) is 75.2 Å². The van der Waals surface area contributed by atoms with Crippen LogP contribution >= 0.6 is 27.7 Å². The van der Waals surface area contributed by atoms with Crippen LogP contribution in [-0.2, 0) is 5.75 Å². The summed E-state index contributed by atoms with van der Waals surface area (Å²) < 4.78 is 26.1. The van der Waals surface area contributed by atoms with Crippen LogP contribution in [0.25, 0.3) is 11.4 Å². The van der Waals surface area contributed by atoms with Crippen LogP contribution in [0.4, 0.5) is 4.39 Å². The zero-order chi connectivity index (χ0) is 17.4. The Hall–Kier alpha value is -2.26. The number of hydrogen-bond acceptors (Lipinski definition) is 6. The van der Waals surface area contributed by atoms with E-state index in [1.807, 2.05) is 12.1 Å². The van der Waals surface area contributed by atoms with Gasteiger partial charge in [-0.25, -0.2) is 9.07 Å². The highest BCUT2D eigenvalue weighted by atomic mass is 79.9. The van der Waals surface area contributed by atoms with Crippen molar-refractivity contribution in [3.8, 4) is 22.9 Å². The minimum atomic E-state index is -0.311. The molecule has 0 spiro atoms. The van der Waals surface area contributed by atoms with Crippen molar-refractivity contribution in [2.24, 2.45) is 0 Å². The molecule has 0 radical (unpaired) electrons. The Morgan fingerprint density at radius 2 is 1.88 bits per heavy atom. The average Bonchev–Trinajstić information content (AvgIpc) is 3.20. The number of halogens is 2. The average molecular weight is 423 g/mol. The molecule has 128 valence electrons. The van der Waals surface area contributed by atoms with E-state index in [0.717, 1.165) is 21.5 Å². The second-order valence-corrected chi connectivity index (χ2v) is 7.07. The van der Waals surface area contributed by atoms with Crippen LogP contribution in [0.15, 0.2) is 46.0 Å². The summed E-state index contributed by atoms with van der Waals surface area (Å²) in [4.78, 5) is 0. The van der Waals surface area contributed by atoms with E-state index < -0.39 is 0 Å². The molecule has 0 atom stereocenters. The number of nitrogens with two attached hydrogens (primary N) is 1. The number of nitrogen functional groups attached to an aromatic ring is 1. The van der Waals surface area contributed by atoms with Crippen molar-refractivity contribution in [3.05, 3.63) is 52.3 Å². The number of rotatable bonds is 4. The van der Waals surface area contributed by atoms with E-state index in [9.17, 15) is 4.39 Å². The second-order valence-electron chi connectivity index (χ2n) is 5.27. The molecule has 0 amide bonds. The summed E-state index contributed by atoms with van der Waals surface area (Å²) in [6.07, 6.45) is 0. The lowest BCUT2D eigenvalue weighted by Crippen LogP contribution is -2.11. The van der Waals surface area contributed by atoms with Gasteiger partial charge in [-0.05, 0) is 42.0 Å². The normalized spacial score (nSPS) is 12.6. The third-order valence-corrected chi connectivity index (χ3v) is 5.40. The van der Waals surface area contributed by atoms with Crippen molar-refractivity contribution in [1.82, 2.24) is 14.9 Å². The Balaban J connectivity index is 1.53. The van der Waals surface area contributed by atoms with Gasteiger partial charge in [0, 0.05) is 15.8 Å². The highest BCUT2D eigenvalue weighted by Crippen LogP contribution is 2.38. The Bertz CT molecular complexity index is 933. The minimum absolute atomic E-state index is 0.233. The van der Waals surface area contributed by atoms with E-state index in [1.54, 1.807) is 12.1 Å². The van der Waals surface area contributed by atoms with Crippen molar-refractivity contribution >= 4 is 27.7 Å². The Kier molecular flexibility index (Phi) is 4.26. The third kappa shape index (κ3) is 3.16. The molecule has 2 heterocycles. The first-order valence-electron chi connectivity index (χ1n) is 7.29. The number of aromatic nitrogens is 3. The van der Waals surface area contributed by atoms with Gasteiger partial charge in [0.1, 0.15) is 5.82 Å². The van der Waals surface area contributed by atoms with Crippen LogP contribution in [0.1, 0.15) is 5.56 Å². The Labute approximate surface area is 155 Å². The molecule has 1 aromatic heterocycles. The molecule has 0 aliphatic carbocycles. The summed E-state index contributed by atoms with van der Waals surface area (Å²) in [6, 6.07) is 9.77. The van der Waals surface area contributed by atoms with Crippen LogP contribution in [0.3, 0.4) is 0 Å². The monoisotopic (exact) mass is 422 g/mol. The van der Waals surface area contributed by atoms with Gasteiger partial charge < -0.3 is 15.3 Å². The number of thioether (sulfide) groups is 1. The first-order valence-corrected chi connectivity index (χ1v) is 9.07. The molecule has 0 saturated carbocycles. The van der Waals surface area contributed by atoms with Crippen LogP contribution in [0.2, 0.25) is 0 Å². The Morgan fingerprint density at radius 3 is 2.64 bits per heavy atom. The fourth-order valence-electron chi connectivity index (χ4n) is 2.38. The maximum atomic E-state index is 13.0. The standard InChI is InChI=1S/C16H12BrFN4O2S/c17-12-6-14-13(23-8-24-14)5-10(12)7-25-16-21-20-15(22(16)19)9-1-3-11(18)4-2-9/h1-6H,7-8,19H2. The van der Waals surface area contributed by atoms with Gasteiger partial charge in [0.25, 0.3) is 0 Å². The van der Waals surface area contributed by atoms with Gasteiger partial charge in [-0.15, -0.1) is 10.2 Å². The highest BCUT2D eigenvalue weighted by Gasteiger charge is 2.18. The van der Waals surface area contributed by atoms with Gasteiger partial charge in [0.2, 0.25) is 11.9 Å². The molecular formula is C16H12BrFN4O2S. The fraction of sp³-hybridized carbons (Fsp3) is 0.125. The lowest BCUT2D eigenvalue weighted by atomic mass is 10.2. The van der Waals surface area contributed by atoms with Crippen LogP contribution in [0.5, 0.6) is 11.5 Å². The molecule has 25 heavy (non-hydrogen) atoms. The van der Waals surface area contributed by atoms with Crippen molar-refractivity contribution in [3.63, 3.8) is 0 Å². The third-order valence-electron chi connectivity index (χ3n) is 3.67. The van der Waals surface area contributed by atoms with Crippen molar-refractivity contribution in [2.45, 2.75) is 10.9 Å². The molecule has 0 fully saturated rings. The van der Waals surface area contributed by atoms with Crippen LogP contribution in [0, 0.1) is 5.82 Å². The summed E-state index contributed by atoms with van der Waals surface area (Å²) in [5, 5.41) is 8.77. The lowest BCUT2D eigenvalue weighted by molar-refractivity contribution is 0.174. The summed E-state index contributed by atoms with van der Waals surface area (Å²) >= 11 is 4.97. The van der Waals surface area contributed by atoms with E-state index in [-0.39, 0.29) is 12.6 Å². The maximum Gasteiger partial charge on any atom is 0.231 e. The van der Waals surface area contributed by atoms with Gasteiger partial charge in [0.05, 0.1) is 0 Å². The molecule has 2 aromatic carbocycles. The van der Waals surface area contributed by atoms with E-state index in [0.29, 0.717) is 22.3 Å². The minimum Gasteiger partial charge on any atom is -0.454 e. The molecule has 0 bridgehead atoms. The van der Waals surface area contributed by atoms with E-state index in [1.165, 1.54) is 28.6 Å². The van der Waals surface area contributed by atoms with E-state index >= 15 is 0 Å². The first kappa shape index (κ1) is 16.2. The predicted molar refractivity (Wildman–Crippen MR) is 95.4 cm³/mol. The SMILES string of the molecule is Nn1c(SCc2cc3c(cc2Br)OCO3)nnc1-c1ccc(F)cc1. The van der Waals surface area contributed by atoms with Crippen molar-refractivity contribution in [2.75, 3.05) is 12.6 Å². The zero-order valence-corrected chi connectivity index (χ0v) is 15.2. The molecule has 6 nitrogen and oxygen atoms in total. The summed E-state index contributed by atoms with van der Waals surface area (Å²) in [5.41, 5.74) is 1.73. The zero-order valence-electron chi connectivity index (χ0n) is 12.8. The second kappa shape index (κ2) is 6.57. The first-order chi connectivity index (χ1) is 12.1. The van der Waals surface area contributed by atoms with Crippen LogP contribution < -0.4 is 15.3 Å². The molecule has 1 aliphatic heterocycles. The quantitative estimate of drug-likeness (QED) is 0.511. The van der Waals surface area contributed by atoms with Crippen molar-refractivity contribution in [1.29, 1.82) is 0 Å². The van der Waals surface area contributed by atoms with Gasteiger partial charge in [-0.3, -0.25) is 0 Å². The van der Waals surface area contributed by atoms with Crippen LogP contribution in [-0.4, -0.2) is 21.7 Å². The largest absolute Gasteiger partial charge is 0.454 e.